The molecule has 64 valence electrons. The van der Waals surface area contributed by atoms with E-state index in [1.807, 2.05) is 24.3 Å². The highest BCUT2D eigenvalue weighted by molar-refractivity contribution is 5.77. The molecule has 0 radical (unpaired) electrons. The first-order valence-corrected chi connectivity index (χ1v) is 4.27. The zero-order valence-electron chi connectivity index (χ0n) is 7.58. The molecule has 1 nitrogen and oxygen atoms in total. The van der Waals surface area contributed by atoms with Crippen LogP contribution >= 0.6 is 0 Å². The Kier molecular flexibility index (Phi) is 3.03. The zero-order valence-corrected chi connectivity index (χ0v) is 7.58. The average molecular weight is 162 g/mol. The van der Waals surface area contributed by atoms with E-state index in [1.165, 1.54) is 0 Å². The maximum absolute atomic E-state index is 10.6. The van der Waals surface area contributed by atoms with Gasteiger partial charge in [0, 0.05) is 5.56 Å². The fourth-order valence-corrected chi connectivity index (χ4v) is 1.27. The van der Waals surface area contributed by atoms with Gasteiger partial charge in [0.2, 0.25) is 0 Å². The van der Waals surface area contributed by atoms with E-state index in [9.17, 15) is 4.79 Å². The van der Waals surface area contributed by atoms with E-state index in [2.05, 4.69) is 13.8 Å². The Bertz CT molecular complexity index is 263. The molecule has 0 atom stereocenters. The number of carbonyl (C=O) groups is 1. The normalized spacial score (nSPS) is 10.2. The summed E-state index contributed by atoms with van der Waals surface area (Å²) in [5.41, 5.74) is 1.98. The van der Waals surface area contributed by atoms with Crippen LogP contribution in [0.25, 0.3) is 0 Å². The molecule has 0 heterocycles. The van der Waals surface area contributed by atoms with Gasteiger partial charge in [-0.25, -0.2) is 0 Å². The van der Waals surface area contributed by atoms with E-state index in [0.29, 0.717) is 5.92 Å². The van der Waals surface area contributed by atoms with Crippen molar-refractivity contribution < 1.29 is 4.79 Å². The lowest BCUT2D eigenvalue weighted by atomic mass is 9.99. The lowest BCUT2D eigenvalue weighted by Gasteiger charge is -2.06. The highest BCUT2D eigenvalue weighted by atomic mass is 16.1. The van der Waals surface area contributed by atoms with E-state index in [1.54, 1.807) is 0 Å². The van der Waals surface area contributed by atoms with Crippen LogP contribution in [0.2, 0.25) is 0 Å². The molecule has 1 aromatic rings. The summed E-state index contributed by atoms with van der Waals surface area (Å²) in [6, 6.07) is 7.76. The summed E-state index contributed by atoms with van der Waals surface area (Å²) in [7, 11) is 0. The highest BCUT2D eigenvalue weighted by Crippen LogP contribution is 2.11. The topological polar surface area (TPSA) is 17.1 Å². The van der Waals surface area contributed by atoms with E-state index in [-0.39, 0.29) is 0 Å². The summed E-state index contributed by atoms with van der Waals surface area (Å²) in [4.78, 5) is 10.6. The zero-order chi connectivity index (χ0) is 8.97. The molecule has 0 aromatic heterocycles. The van der Waals surface area contributed by atoms with Gasteiger partial charge in [0.25, 0.3) is 0 Å². The number of carbonyl (C=O) groups excluding carboxylic acids is 1. The van der Waals surface area contributed by atoms with Gasteiger partial charge in [0.05, 0.1) is 0 Å². The average Bonchev–Trinajstić information content (AvgIpc) is 2.04. The van der Waals surface area contributed by atoms with E-state index in [0.717, 1.165) is 23.8 Å². The maximum Gasteiger partial charge on any atom is 0.150 e. The minimum absolute atomic E-state index is 0.603. The third kappa shape index (κ3) is 2.19. The number of hydrogen-bond donors (Lipinski definition) is 0. The van der Waals surface area contributed by atoms with Gasteiger partial charge < -0.3 is 0 Å². The maximum atomic E-state index is 10.6. The summed E-state index contributed by atoms with van der Waals surface area (Å²) >= 11 is 0. The van der Waals surface area contributed by atoms with Crippen LogP contribution in [0.3, 0.4) is 0 Å². The van der Waals surface area contributed by atoms with Crippen molar-refractivity contribution in [1.82, 2.24) is 0 Å². The van der Waals surface area contributed by atoms with Crippen LogP contribution in [0.15, 0.2) is 24.3 Å². The molecule has 0 fully saturated rings. The van der Waals surface area contributed by atoms with Gasteiger partial charge >= 0.3 is 0 Å². The minimum Gasteiger partial charge on any atom is -0.298 e. The van der Waals surface area contributed by atoms with Gasteiger partial charge in [0.15, 0.2) is 0 Å². The largest absolute Gasteiger partial charge is 0.298 e. The van der Waals surface area contributed by atoms with Crippen molar-refractivity contribution in [3.05, 3.63) is 35.4 Å². The second-order valence-electron chi connectivity index (χ2n) is 3.41. The van der Waals surface area contributed by atoms with E-state index < -0.39 is 0 Å². The highest BCUT2D eigenvalue weighted by Gasteiger charge is 2.01. The first-order chi connectivity index (χ1) is 5.74. The van der Waals surface area contributed by atoms with E-state index in [4.69, 9.17) is 0 Å². The summed E-state index contributed by atoms with van der Waals surface area (Å²) in [6.07, 6.45) is 1.91. The van der Waals surface area contributed by atoms with Gasteiger partial charge in [-0.15, -0.1) is 0 Å². The second-order valence-corrected chi connectivity index (χ2v) is 3.41. The molecule has 1 aromatic carbocycles. The summed E-state index contributed by atoms with van der Waals surface area (Å²) in [6.45, 7) is 4.31. The molecule has 0 N–H and O–H groups in total. The van der Waals surface area contributed by atoms with Gasteiger partial charge in [0.1, 0.15) is 6.29 Å². The molecular weight excluding hydrogens is 148 g/mol. The van der Waals surface area contributed by atoms with Crippen molar-refractivity contribution in [1.29, 1.82) is 0 Å². The number of hydrogen-bond acceptors (Lipinski definition) is 1. The summed E-state index contributed by atoms with van der Waals surface area (Å²) in [5, 5.41) is 0. The Balaban J connectivity index is 2.89. The Morgan fingerprint density at radius 3 is 2.58 bits per heavy atom. The third-order valence-electron chi connectivity index (χ3n) is 1.81. The summed E-state index contributed by atoms with van der Waals surface area (Å²) < 4.78 is 0. The fourth-order valence-electron chi connectivity index (χ4n) is 1.27. The Morgan fingerprint density at radius 1 is 1.33 bits per heavy atom. The van der Waals surface area contributed by atoms with Gasteiger partial charge in [-0.1, -0.05) is 38.1 Å². The molecule has 0 aliphatic carbocycles. The predicted octanol–water partition coefficient (Wildman–Crippen LogP) is 2.70. The van der Waals surface area contributed by atoms with Crippen LogP contribution < -0.4 is 0 Å². The quantitative estimate of drug-likeness (QED) is 0.624. The molecule has 0 saturated carbocycles. The van der Waals surface area contributed by atoms with Crippen molar-refractivity contribution >= 4 is 6.29 Å². The second kappa shape index (κ2) is 4.05. The molecule has 1 heteroatoms. The SMILES string of the molecule is CC(C)Cc1ccccc1C=O. The molecule has 12 heavy (non-hydrogen) atoms. The smallest absolute Gasteiger partial charge is 0.150 e. The standard InChI is InChI=1S/C11H14O/c1-9(2)7-10-5-3-4-6-11(10)8-12/h3-6,8-9H,7H2,1-2H3. The Labute approximate surface area is 73.4 Å². The summed E-state index contributed by atoms with van der Waals surface area (Å²) in [5.74, 6) is 0.603. The van der Waals surface area contributed by atoms with Gasteiger partial charge in [-0.2, -0.15) is 0 Å². The molecule has 0 bridgehead atoms. The molecule has 0 amide bonds. The van der Waals surface area contributed by atoms with Crippen LogP contribution in [-0.2, 0) is 6.42 Å². The van der Waals surface area contributed by atoms with Crippen LogP contribution in [0, 0.1) is 5.92 Å². The van der Waals surface area contributed by atoms with Gasteiger partial charge in [-0.3, -0.25) is 4.79 Å². The monoisotopic (exact) mass is 162 g/mol. The molecule has 0 aliphatic rings. The number of aldehydes is 1. The van der Waals surface area contributed by atoms with Crippen molar-refractivity contribution in [2.45, 2.75) is 20.3 Å². The first-order valence-electron chi connectivity index (χ1n) is 4.27. The molecular formula is C11H14O. The molecule has 0 unspecified atom stereocenters. The minimum atomic E-state index is 0.603. The van der Waals surface area contributed by atoms with Crippen LogP contribution in [-0.4, -0.2) is 6.29 Å². The lowest BCUT2D eigenvalue weighted by molar-refractivity contribution is 0.112. The predicted molar refractivity (Wildman–Crippen MR) is 50.4 cm³/mol. The van der Waals surface area contributed by atoms with Crippen molar-refractivity contribution in [3.8, 4) is 0 Å². The molecule has 0 spiro atoms. The van der Waals surface area contributed by atoms with Gasteiger partial charge in [-0.05, 0) is 17.9 Å². The number of benzene rings is 1. The lowest BCUT2D eigenvalue weighted by Crippen LogP contribution is -1.97. The Hall–Kier alpha value is -1.11. The van der Waals surface area contributed by atoms with Crippen LogP contribution in [0.5, 0.6) is 0 Å². The third-order valence-corrected chi connectivity index (χ3v) is 1.81. The fraction of sp³-hybridized carbons (Fsp3) is 0.364. The number of rotatable bonds is 3. The first kappa shape index (κ1) is 8.98. The van der Waals surface area contributed by atoms with Crippen molar-refractivity contribution in [2.24, 2.45) is 5.92 Å². The molecule has 0 aliphatic heterocycles. The van der Waals surface area contributed by atoms with Crippen LogP contribution in [0.1, 0.15) is 29.8 Å². The van der Waals surface area contributed by atoms with Crippen molar-refractivity contribution in [2.75, 3.05) is 0 Å². The Morgan fingerprint density at radius 2 is 2.00 bits per heavy atom. The molecule has 1 rings (SSSR count). The molecule has 0 saturated heterocycles. The van der Waals surface area contributed by atoms with Crippen LogP contribution in [0.4, 0.5) is 0 Å². The van der Waals surface area contributed by atoms with E-state index >= 15 is 0 Å². The van der Waals surface area contributed by atoms with Crippen molar-refractivity contribution in [3.63, 3.8) is 0 Å².